The number of likely N-dealkylation sites (tertiary alicyclic amines) is 1. The van der Waals surface area contributed by atoms with Gasteiger partial charge in [0.05, 0.1) is 24.9 Å². The third-order valence-electron chi connectivity index (χ3n) is 8.94. The largest absolute Gasteiger partial charge is 0.497 e. The summed E-state index contributed by atoms with van der Waals surface area (Å²) in [6.45, 7) is 6.41. The lowest BCUT2D eigenvalue weighted by Crippen LogP contribution is -2.54. The van der Waals surface area contributed by atoms with Gasteiger partial charge < -0.3 is 24.2 Å². The summed E-state index contributed by atoms with van der Waals surface area (Å²) in [6.07, 6.45) is 15.5. The van der Waals surface area contributed by atoms with Crippen LogP contribution < -0.4 is 4.74 Å². The molecule has 1 N–H and O–H groups in total. The van der Waals surface area contributed by atoms with Crippen LogP contribution in [-0.4, -0.2) is 89.0 Å². The zero-order valence-electron chi connectivity index (χ0n) is 22.3. The molecule has 4 aliphatic rings. The third kappa shape index (κ3) is 5.12. The molecule has 1 atom stereocenters. The first-order valence-corrected chi connectivity index (χ1v) is 14.0. The van der Waals surface area contributed by atoms with Crippen LogP contribution in [0.1, 0.15) is 43.2 Å². The highest BCUT2D eigenvalue weighted by molar-refractivity contribution is 5.80. The summed E-state index contributed by atoms with van der Waals surface area (Å²) in [5.41, 5.74) is 3.21. The van der Waals surface area contributed by atoms with E-state index in [1.54, 1.807) is 7.11 Å². The number of rotatable bonds is 7. The van der Waals surface area contributed by atoms with Crippen LogP contribution in [0.25, 0.3) is 5.57 Å². The first-order valence-electron chi connectivity index (χ1n) is 14.0. The fourth-order valence-electron chi connectivity index (χ4n) is 6.61. The van der Waals surface area contributed by atoms with Crippen LogP contribution in [0.15, 0.2) is 54.9 Å². The van der Waals surface area contributed by atoms with Crippen molar-refractivity contribution >= 4 is 11.6 Å². The van der Waals surface area contributed by atoms with Gasteiger partial charge in [-0.2, -0.15) is 5.10 Å². The van der Waals surface area contributed by atoms with E-state index in [0.29, 0.717) is 6.54 Å². The molecular weight excluding hydrogens is 478 g/mol. The Morgan fingerprint density at radius 3 is 2.76 bits per heavy atom. The Kier molecular flexibility index (Phi) is 7.26. The molecule has 3 saturated heterocycles. The summed E-state index contributed by atoms with van der Waals surface area (Å²) in [6, 6.07) is 8.37. The van der Waals surface area contributed by atoms with Gasteiger partial charge in [-0.3, -0.25) is 5.10 Å². The number of carbonyl (C=O) groups excluding carboxylic acids is 1. The van der Waals surface area contributed by atoms with Gasteiger partial charge in [-0.05, 0) is 61.3 Å². The van der Waals surface area contributed by atoms with E-state index in [0.717, 1.165) is 99.9 Å². The lowest BCUT2D eigenvalue weighted by atomic mass is 9.85. The van der Waals surface area contributed by atoms with Crippen LogP contribution in [0.4, 0.5) is 4.79 Å². The van der Waals surface area contributed by atoms with E-state index in [2.05, 4.69) is 55.3 Å². The Morgan fingerprint density at radius 1 is 1.21 bits per heavy atom. The molecule has 3 aliphatic heterocycles. The molecule has 1 spiro atoms. The number of benzene rings is 1. The van der Waals surface area contributed by atoms with E-state index in [-0.39, 0.29) is 17.6 Å². The highest BCUT2D eigenvalue weighted by atomic mass is 16.5. The molecule has 4 heterocycles. The number of methoxy groups -OCH3 is 1. The van der Waals surface area contributed by atoms with Crippen LogP contribution in [0.5, 0.6) is 5.75 Å². The predicted octanol–water partition coefficient (Wildman–Crippen LogP) is 4.33. The summed E-state index contributed by atoms with van der Waals surface area (Å²) in [5.74, 6) is 1.56. The van der Waals surface area contributed by atoms with E-state index in [9.17, 15) is 4.79 Å². The number of H-pyrrole nitrogens is 1. The Morgan fingerprint density at radius 2 is 2.05 bits per heavy atom. The molecule has 6 rings (SSSR count). The first-order chi connectivity index (χ1) is 18.6. The molecule has 8 nitrogen and oxygen atoms in total. The van der Waals surface area contributed by atoms with Gasteiger partial charge >= 0.3 is 6.03 Å². The van der Waals surface area contributed by atoms with E-state index in [4.69, 9.17) is 9.47 Å². The van der Waals surface area contributed by atoms with E-state index < -0.39 is 0 Å². The van der Waals surface area contributed by atoms with Crippen molar-refractivity contribution in [2.24, 2.45) is 5.92 Å². The number of aromatic amines is 1. The molecule has 8 heteroatoms. The Balaban J connectivity index is 1.19. The number of ether oxygens (including phenoxy) is 2. The van der Waals surface area contributed by atoms with Crippen LogP contribution in [0.2, 0.25) is 0 Å². The number of amides is 2. The molecule has 0 radical (unpaired) electrons. The van der Waals surface area contributed by atoms with Gasteiger partial charge in [-0.1, -0.05) is 30.4 Å². The maximum absolute atomic E-state index is 14.1. The van der Waals surface area contributed by atoms with Gasteiger partial charge in [-0.25, -0.2) is 4.79 Å². The van der Waals surface area contributed by atoms with E-state index in [1.807, 2.05) is 24.5 Å². The molecule has 0 saturated carbocycles. The molecular formula is C30H39N5O3. The summed E-state index contributed by atoms with van der Waals surface area (Å²) in [4.78, 5) is 21.0. The van der Waals surface area contributed by atoms with Crippen molar-refractivity contribution in [2.45, 2.75) is 50.2 Å². The lowest BCUT2D eigenvalue weighted by Gasteiger charge is -2.44. The summed E-state index contributed by atoms with van der Waals surface area (Å²) < 4.78 is 11.0. The van der Waals surface area contributed by atoms with Crippen molar-refractivity contribution in [2.75, 3.05) is 46.5 Å². The third-order valence-corrected chi connectivity index (χ3v) is 8.94. The topological polar surface area (TPSA) is 73.9 Å². The van der Waals surface area contributed by atoms with Gasteiger partial charge in [0.15, 0.2) is 0 Å². The number of nitrogens with zero attached hydrogens (tertiary/aromatic N) is 4. The molecule has 0 bridgehead atoms. The zero-order valence-corrected chi connectivity index (χ0v) is 22.3. The highest BCUT2D eigenvalue weighted by Gasteiger charge is 2.52. The number of carbonyl (C=O) groups is 1. The summed E-state index contributed by atoms with van der Waals surface area (Å²) in [7, 11) is 1.69. The average Bonchev–Trinajstić information content (AvgIpc) is 3.59. The SMILES string of the molecule is COc1cccc(CN2C(=O)N(C3C=CC(c4cn[nH]c4)=CC3)CC23CCN(CC2CCOCC2)CC3)c1. The van der Waals surface area contributed by atoms with Crippen molar-refractivity contribution in [1.29, 1.82) is 0 Å². The minimum absolute atomic E-state index is 0.0746. The van der Waals surface area contributed by atoms with Crippen LogP contribution in [-0.2, 0) is 11.3 Å². The summed E-state index contributed by atoms with van der Waals surface area (Å²) >= 11 is 0. The molecule has 3 fully saturated rings. The Bertz CT molecular complexity index is 1160. The maximum Gasteiger partial charge on any atom is 0.321 e. The van der Waals surface area contributed by atoms with Crippen molar-refractivity contribution in [1.82, 2.24) is 24.9 Å². The monoisotopic (exact) mass is 517 g/mol. The molecule has 1 aromatic heterocycles. The quantitative estimate of drug-likeness (QED) is 0.592. The smallest absolute Gasteiger partial charge is 0.321 e. The maximum atomic E-state index is 14.1. The van der Waals surface area contributed by atoms with Crippen molar-refractivity contribution in [3.8, 4) is 5.75 Å². The Hall–Kier alpha value is -3.10. The van der Waals surface area contributed by atoms with Crippen molar-refractivity contribution in [3.05, 3.63) is 66.0 Å². The van der Waals surface area contributed by atoms with Gasteiger partial charge in [0, 0.05) is 57.7 Å². The molecule has 2 aromatic rings. The van der Waals surface area contributed by atoms with Gasteiger partial charge in [0.2, 0.25) is 0 Å². The number of hydrogen-bond acceptors (Lipinski definition) is 5. The fraction of sp³-hybridized carbons (Fsp3) is 0.533. The number of piperidine rings is 1. The van der Waals surface area contributed by atoms with Crippen molar-refractivity contribution < 1.29 is 14.3 Å². The van der Waals surface area contributed by atoms with Gasteiger partial charge in [-0.15, -0.1) is 0 Å². The number of aromatic nitrogens is 2. The second-order valence-electron chi connectivity index (χ2n) is 11.2. The highest BCUT2D eigenvalue weighted by Crippen LogP contribution is 2.40. The van der Waals surface area contributed by atoms with E-state index in [1.165, 1.54) is 0 Å². The van der Waals surface area contributed by atoms with Crippen LogP contribution in [0.3, 0.4) is 0 Å². The second-order valence-corrected chi connectivity index (χ2v) is 11.2. The normalized spacial score (nSPS) is 24.3. The number of hydrogen-bond donors (Lipinski definition) is 1. The molecule has 202 valence electrons. The standard InChI is InChI=1S/C30H39N5O3/c1-37-28-4-2-3-24(17-28)21-35-29(36)34(27-7-5-25(6-8-27)26-18-31-32-19-26)22-30(35)11-13-33(14-12-30)20-23-9-15-38-16-10-23/h2-7,17-19,23,27H,8-16,20-22H2,1H3,(H,31,32). The minimum atomic E-state index is -0.144. The number of nitrogens with one attached hydrogen (secondary N) is 1. The molecule has 2 amide bonds. The van der Waals surface area contributed by atoms with E-state index >= 15 is 0 Å². The average molecular weight is 518 g/mol. The molecule has 1 aliphatic carbocycles. The molecule has 1 unspecified atom stereocenters. The fourth-order valence-corrected chi connectivity index (χ4v) is 6.61. The second kappa shape index (κ2) is 10.9. The minimum Gasteiger partial charge on any atom is -0.497 e. The number of urea groups is 1. The first kappa shape index (κ1) is 25.2. The van der Waals surface area contributed by atoms with Gasteiger partial charge in [0.1, 0.15) is 5.75 Å². The predicted molar refractivity (Wildman–Crippen MR) is 147 cm³/mol. The van der Waals surface area contributed by atoms with Gasteiger partial charge in [0.25, 0.3) is 0 Å². The van der Waals surface area contributed by atoms with Crippen LogP contribution >= 0.6 is 0 Å². The van der Waals surface area contributed by atoms with Crippen molar-refractivity contribution in [3.63, 3.8) is 0 Å². The molecule has 38 heavy (non-hydrogen) atoms. The lowest BCUT2D eigenvalue weighted by molar-refractivity contribution is 0.0304. The summed E-state index contributed by atoms with van der Waals surface area (Å²) in [5, 5.41) is 6.97. The Labute approximate surface area is 225 Å². The molecule has 1 aromatic carbocycles. The zero-order chi connectivity index (χ0) is 26.0. The number of allylic oxidation sites excluding steroid dienone is 2. The van der Waals surface area contributed by atoms with Crippen LogP contribution in [0, 0.1) is 5.92 Å².